The summed E-state index contributed by atoms with van der Waals surface area (Å²) in [4.78, 5) is 18.5. The summed E-state index contributed by atoms with van der Waals surface area (Å²) >= 11 is 0. The Morgan fingerprint density at radius 1 is 1.22 bits per heavy atom. The van der Waals surface area contributed by atoms with E-state index in [-0.39, 0.29) is 18.1 Å². The number of anilines is 1. The smallest absolute Gasteiger partial charge is 0.217 e. The third kappa shape index (κ3) is 6.24. The van der Waals surface area contributed by atoms with Crippen LogP contribution in [0.5, 0.6) is 0 Å². The number of rotatable bonds is 8. The quantitative estimate of drug-likeness (QED) is 0.570. The predicted molar refractivity (Wildman–Crippen MR) is 131 cm³/mol. The summed E-state index contributed by atoms with van der Waals surface area (Å²) in [6.07, 6.45) is 16.6. The van der Waals surface area contributed by atoms with Gasteiger partial charge in [-0.1, -0.05) is 50.0 Å². The van der Waals surface area contributed by atoms with Gasteiger partial charge in [0.05, 0.1) is 19.1 Å². The number of benzene rings is 1. The van der Waals surface area contributed by atoms with Crippen LogP contribution in [0.3, 0.4) is 0 Å². The van der Waals surface area contributed by atoms with Crippen LogP contribution in [0.4, 0.5) is 5.69 Å². The van der Waals surface area contributed by atoms with Crippen molar-refractivity contribution in [3.05, 3.63) is 53.9 Å². The molecule has 172 valence electrons. The molecule has 1 N–H and O–H groups in total. The van der Waals surface area contributed by atoms with Crippen LogP contribution in [0.1, 0.15) is 76.8 Å². The number of ether oxygens (including phenoxy) is 1. The fourth-order valence-corrected chi connectivity index (χ4v) is 4.92. The molecule has 4 rings (SSSR count). The van der Waals surface area contributed by atoms with E-state index in [1.165, 1.54) is 43.5 Å². The number of carbonyl (C=O) groups excluding carboxylic acids is 1. The molecule has 1 saturated heterocycles. The van der Waals surface area contributed by atoms with Crippen LogP contribution >= 0.6 is 0 Å². The van der Waals surface area contributed by atoms with Gasteiger partial charge in [-0.15, -0.1) is 0 Å². The van der Waals surface area contributed by atoms with Gasteiger partial charge in [0, 0.05) is 18.3 Å². The summed E-state index contributed by atoms with van der Waals surface area (Å²) in [5.74, 6) is 1.67. The maximum Gasteiger partial charge on any atom is 0.217 e. The van der Waals surface area contributed by atoms with Crippen LogP contribution in [-0.2, 0) is 9.53 Å². The van der Waals surface area contributed by atoms with Gasteiger partial charge < -0.3 is 15.0 Å². The third-order valence-electron chi connectivity index (χ3n) is 6.87. The van der Waals surface area contributed by atoms with Crippen molar-refractivity contribution in [2.75, 3.05) is 18.0 Å². The van der Waals surface area contributed by atoms with E-state index in [1.807, 2.05) is 13.0 Å². The maximum atomic E-state index is 11.3. The number of hydrogen-bond donors (Lipinski definition) is 1. The lowest BCUT2D eigenvalue weighted by Gasteiger charge is -2.40. The monoisotopic (exact) mass is 435 g/mol. The third-order valence-corrected chi connectivity index (χ3v) is 6.87. The van der Waals surface area contributed by atoms with E-state index in [0.29, 0.717) is 0 Å². The average molecular weight is 436 g/mol. The normalized spacial score (nSPS) is 24.9. The zero-order chi connectivity index (χ0) is 22.3. The first kappa shape index (κ1) is 22.6. The first-order chi connectivity index (χ1) is 15.6. The van der Waals surface area contributed by atoms with Gasteiger partial charge in [-0.05, 0) is 62.3 Å². The Labute approximate surface area is 192 Å². The van der Waals surface area contributed by atoms with E-state index in [1.54, 1.807) is 6.92 Å². The van der Waals surface area contributed by atoms with Crippen LogP contribution in [0, 0.1) is 5.92 Å². The highest BCUT2D eigenvalue weighted by Crippen LogP contribution is 2.30. The van der Waals surface area contributed by atoms with Gasteiger partial charge in [0.15, 0.2) is 0 Å². The van der Waals surface area contributed by atoms with Gasteiger partial charge in [-0.25, -0.2) is 4.99 Å². The molecule has 2 heterocycles. The van der Waals surface area contributed by atoms with Crippen LogP contribution in [0.2, 0.25) is 0 Å². The van der Waals surface area contributed by atoms with Crippen molar-refractivity contribution in [2.24, 2.45) is 10.9 Å². The molecule has 5 nitrogen and oxygen atoms in total. The number of aliphatic imine (C=N–C) groups is 1. The molecule has 1 amide bonds. The van der Waals surface area contributed by atoms with E-state index in [9.17, 15) is 4.79 Å². The van der Waals surface area contributed by atoms with Gasteiger partial charge in [0.2, 0.25) is 11.8 Å². The van der Waals surface area contributed by atoms with Gasteiger partial charge >= 0.3 is 0 Å². The molecule has 0 unspecified atom stereocenters. The lowest BCUT2D eigenvalue weighted by molar-refractivity contribution is -0.119. The van der Waals surface area contributed by atoms with Gasteiger partial charge in [-0.3, -0.25) is 4.79 Å². The molecule has 0 bridgehead atoms. The molecule has 1 aromatic rings. The first-order valence-corrected chi connectivity index (χ1v) is 12.3. The van der Waals surface area contributed by atoms with Crippen LogP contribution in [-0.4, -0.2) is 30.8 Å². The standard InChI is InChI=1S/C27H37N3O2/c1-20(28-21(2)31)23-13-16-25(17-14-23)30-18-26(19-30)32-27-11-5-3-4-10-24(29-27)15-12-22-8-6-7-9-22/h3,5,11,13-14,16-17,20,22,26H,4,6-10,12,15,18-19H2,1-2H3,(H,28,31)/b5-3-,27-11+,29-24+/t20-/m0/s1. The van der Waals surface area contributed by atoms with Gasteiger partial charge in [0.1, 0.15) is 6.10 Å². The number of hydrogen-bond acceptors (Lipinski definition) is 4. The molecular formula is C27H37N3O2. The fourth-order valence-electron chi connectivity index (χ4n) is 4.92. The summed E-state index contributed by atoms with van der Waals surface area (Å²) in [5.41, 5.74) is 3.60. The number of allylic oxidation sites excluding steroid dienone is 3. The fraction of sp³-hybridized carbons (Fsp3) is 0.556. The zero-order valence-electron chi connectivity index (χ0n) is 19.6. The predicted octanol–water partition coefficient (Wildman–Crippen LogP) is 5.69. The Morgan fingerprint density at radius 2 is 1.97 bits per heavy atom. The SMILES string of the molecule is CC(=O)N[C@@H](C)c1ccc(N2CC(OC3=C/C=C\CC/C(CCC4CCCC4)=N\3)C2)cc1. The first-order valence-electron chi connectivity index (χ1n) is 12.3. The van der Waals surface area contributed by atoms with Gasteiger partial charge in [0.25, 0.3) is 0 Å². The number of nitrogens with zero attached hydrogens (tertiary/aromatic N) is 2. The second-order valence-electron chi connectivity index (χ2n) is 9.50. The van der Waals surface area contributed by atoms with Crippen molar-refractivity contribution in [1.82, 2.24) is 5.32 Å². The Bertz CT molecular complexity index is 859. The lowest BCUT2D eigenvalue weighted by atomic mass is 9.98. The van der Waals surface area contributed by atoms with Crippen molar-refractivity contribution >= 4 is 17.3 Å². The van der Waals surface area contributed by atoms with Crippen molar-refractivity contribution in [1.29, 1.82) is 0 Å². The molecule has 1 aromatic carbocycles. The summed E-state index contributed by atoms with van der Waals surface area (Å²) in [7, 11) is 0. The van der Waals surface area contributed by atoms with Crippen LogP contribution < -0.4 is 10.2 Å². The largest absolute Gasteiger partial charge is 0.471 e. The molecule has 1 saturated carbocycles. The highest BCUT2D eigenvalue weighted by molar-refractivity contribution is 5.85. The van der Waals surface area contributed by atoms with E-state index in [0.717, 1.165) is 49.7 Å². The minimum Gasteiger partial charge on any atom is -0.471 e. The highest BCUT2D eigenvalue weighted by atomic mass is 16.5. The molecule has 1 atom stereocenters. The van der Waals surface area contributed by atoms with Crippen LogP contribution in [0.15, 0.2) is 53.4 Å². The molecule has 2 aliphatic heterocycles. The maximum absolute atomic E-state index is 11.3. The topological polar surface area (TPSA) is 53.9 Å². The Balaban J connectivity index is 1.28. The molecule has 5 heteroatoms. The minimum absolute atomic E-state index is 0.00738. The number of carbonyl (C=O) groups is 1. The average Bonchev–Trinajstić information content (AvgIpc) is 3.24. The van der Waals surface area contributed by atoms with Crippen molar-refractivity contribution in [3.8, 4) is 0 Å². The molecule has 2 fully saturated rings. The zero-order valence-corrected chi connectivity index (χ0v) is 19.6. The summed E-state index contributed by atoms with van der Waals surface area (Å²) in [6, 6.07) is 8.46. The van der Waals surface area contributed by atoms with E-state index in [2.05, 4.69) is 46.6 Å². The Morgan fingerprint density at radius 3 is 2.69 bits per heavy atom. The molecule has 32 heavy (non-hydrogen) atoms. The van der Waals surface area contributed by atoms with Crippen molar-refractivity contribution in [2.45, 2.75) is 77.4 Å². The van der Waals surface area contributed by atoms with E-state index >= 15 is 0 Å². The van der Waals surface area contributed by atoms with E-state index < -0.39 is 0 Å². The molecule has 0 aromatic heterocycles. The Hall–Kier alpha value is -2.56. The molecule has 0 radical (unpaired) electrons. The summed E-state index contributed by atoms with van der Waals surface area (Å²) in [5, 5.41) is 2.93. The van der Waals surface area contributed by atoms with Crippen LogP contribution in [0.25, 0.3) is 0 Å². The van der Waals surface area contributed by atoms with Crippen molar-refractivity contribution < 1.29 is 9.53 Å². The molecular weight excluding hydrogens is 398 g/mol. The highest BCUT2D eigenvalue weighted by Gasteiger charge is 2.29. The number of nitrogens with one attached hydrogen (secondary N) is 1. The summed E-state index contributed by atoms with van der Waals surface area (Å²) < 4.78 is 6.26. The molecule has 1 aliphatic carbocycles. The van der Waals surface area contributed by atoms with Crippen molar-refractivity contribution in [3.63, 3.8) is 0 Å². The Kier molecular flexibility index (Phi) is 7.67. The molecule has 0 spiro atoms. The lowest BCUT2D eigenvalue weighted by Crippen LogP contribution is -2.52. The number of amides is 1. The van der Waals surface area contributed by atoms with Gasteiger partial charge in [-0.2, -0.15) is 0 Å². The second-order valence-corrected chi connectivity index (χ2v) is 9.50. The summed E-state index contributed by atoms with van der Waals surface area (Å²) in [6.45, 7) is 5.29. The molecule has 3 aliphatic rings. The van der Waals surface area contributed by atoms with E-state index in [4.69, 9.17) is 9.73 Å². The second kappa shape index (κ2) is 10.8. The minimum atomic E-state index is -0.00738.